The second kappa shape index (κ2) is 5.93. The second-order valence-corrected chi connectivity index (χ2v) is 9.03. The number of aromatic nitrogens is 4. The summed E-state index contributed by atoms with van der Waals surface area (Å²) in [6.07, 6.45) is 0. The lowest BCUT2D eigenvalue weighted by Gasteiger charge is -2.40. The zero-order valence-corrected chi connectivity index (χ0v) is 16.6. The quantitative estimate of drug-likeness (QED) is 0.456. The Balaban J connectivity index is 2.10. The Labute approximate surface area is 165 Å². The van der Waals surface area contributed by atoms with Crippen LogP contribution in [0.1, 0.15) is 21.5 Å². The highest BCUT2D eigenvalue weighted by atomic mass is 32.5. The lowest BCUT2D eigenvalue weighted by atomic mass is 10.1. The van der Waals surface area contributed by atoms with Crippen LogP contribution in [0.2, 0.25) is 0 Å². The summed E-state index contributed by atoms with van der Waals surface area (Å²) < 4.78 is 72.5. The minimum Gasteiger partial charge on any atom is -0.497 e. The molecule has 0 bridgehead atoms. The van der Waals surface area contributed by atoms with E-state index in [2.05, 4.69) is 14.9 Å². The van der Waals surface area contributed by atoms with Crippen LogP contribution in [0.25, 0.3) is 5.65 Å². The molecule has 0 aliphatic rings. The van der Waals surface area contributed by atoms with Gasteiger partial charge in [0.15, 0.2) is 11.4 Å². The number of hydrogen-bond donors (Lipinski definition) is 2. The fourth-order valence-electron chi connectivity index (χ4n) is 2.71. The van der Waals surface area contributed by atoms with Gasteiger partial charge in [-0.15, -0.1) is 5.10 Å². The third-order valence-corrected chi connectivity index (χ3v) is 5.64. The molecule has 0 aliphatic heterocycles. The number of hydrogen-bond acceptors (Lipinski definition) is 5. The van der Waals surface area contributed by atoms with Crippen LogP contribution >= 0.6 is 10.2 Å². The van der Waals surface area contributed by atoms with Crippen molar-refractivity contribution in [3.8, 4) is 5.75 Å². The molecule has 0 spiro atoms. The first kappa shape index (κ1) is 21.5. The number of nitrogens with zero attached hydrogens (tertiary/aromatic N) is 3. The number of carbonyl (C=O) groups excluding carboxylic acids is 1. The zero-order chi connectivity index (χ0) is 22.7. The van der Waals surface area contributed by atoms with E-state index < -0.39 is 49.9 Å². The van der Waals surface area contributed by atoms with Crippen LogP contribution in [-0.4, -0.2) is 32.3 Å². The predicted octanol–water partition coefficient (Wildman–Crippen LogP) is 3.47. The molecule has 0 unspecified atom stereocenters. The van der Waals surface area contributed by atoms with Crippen molar-refractivity contribution in [3.63, 3.8) is 0 Å². The van der Waals surface area contributed by atoms with Gasteiger partial charge in [0.25, 0.3) is 5.56 Å². The molecule has 30 heavy (non-hydrogen) atoms. The van der Waals surface area contributed by atoms with E-state index in [1.807, 2.05) is 0 Å². The van der Waals surface area contributed by atoms with Crippen LogP contribution in [0.4, 0.5) is 19.4 Å². The molecule has 14 heteroatoms. The van der Waals surface area contributed by atoms with Crippen molar-refractivity contribution in [2.45, 2.75) is 25.3 Å². The van der Waals surface area contributed by atoms with Crippen molar-refractivity contribution in [1.82, 2.24) is 19.4 Å². The van der Waals surface area contributed by atoms with Crippen LogP contribution < -0.4 is 15.9 Å². The zero-order valence-electron chi connectivity index (χ0n) is 15.8. The average molecular weight is 453 g/mol. The highest BCUT2D eigenvalue weighted by Gasteiger charge is 2.65. The summed E-state index contributed by atoms with van der Waals surface area (Å²) in [5.41, 5.74) is -0.694. The number of carbonyl (C=O) groups is 1. The molecule has 0 aliphatic carbocycles. The lowest BCUT2D eigenvalue weighted by Crippen LogP contribution is -2.28. The van der Waals surface area contributed by atoms with Gasteiger partial charge in [0.2, 0.25) is 5.62 Å². The molecule has 1 aromatic carbocycles. The normalized spacial score (nSPS) is 14.4. The fourth-order valence-corrected chi connectivity index (χ4v) is 3.39. The van der Waals surface area contributed by atoms with Gasteiger partial charge >= 0.3 is 10.2 Å². The SMILES string of the molecule is COc1cc(C(=O)Cn2nc3c(C)c(C)c(=O)[nH]n3c2=N)cc(S(F)(F)(F)(F)F)c1. The van der Waals surface area contributed by atoms with Gasteiger partial charge in [0.1, 0.15) is 17.2 Å². The number of ether oxygens (including phenoxy) is 1. The molecule has 2 heterocycles. The Morgan fingerprint density at radius 3 is 2.37 bits per heavy atom. The molecular weight excluding hydrogens is 437 g/mol. The number of rotatable bonds is 5. The summed E-state index contributed by atoms with van der Waals surface area (Å²) >= 11 is 0. The topological polar surface area (TPSA) is 105 Å². The number of aryl methyl sites for hydroxylation is 1. The summed E-state index contributed by atoms with van der Waals surface area (Å²) in [7, 11) is -9.09. The van der Waals surface area contributed by atoms with Gasteiger partial charge < -0.3 is 4.74 Å². The highest BCUT2D eigenvalue weighted by Crippen LogP contribution is 3.02. The standard InChI is InChI=1S/C16H16F5N5O3S/c1-8-9(2)15(28)24-26-14(8)23-25(16(26)22)7-13(27)10-4-11(29-3)6-12(5-10)30(17,18,19,20)21/h4-6,22H,7H2,1-3H3,(H,24,28). The Kier molecular flexibility index (Phi) is 4.26. The maximum absolute atomic E-state index is 13.2. The predicted molar refractivity (Wildman–Crippen MR) is 97.9 cm³/mol. The van der Waals surface area contributed by atoms with E-state index in [1.54, 1.807) is 6.92 Å². The van der Waals surface area contributed by atoms with E-state index in [1.165, 1.54) is 6.92 Å². The molecule has 0 saturated carbocycles. The summed E-state index contributed by atoms with van der Waals surface area (Å²) in [6, 6.07) is 1.04. The summed E-state index contributed by atoms with van der Waals surface area (Å²) in [6.45, 7) is 2.37. The molecule has 0 radical (unpaired) electrons. The van der Waals surface area contributed by atoms with Crippen LogP contribution in [0.5, 0.6) is 5.75 Å². The van der Waals surface area contributed by atoms with Gasteiger partial charge in [-0.1, -0.05) is 19.4 Å². The number of Topliss-reactive ketones (excluding diaryl/α,β-unsaturated/α-hetero) is 1. The monoisotopic (exact) mass is 453 g/mol. The number of benzene rings is 1. The molecule has 0 amide bonds. The molecule has 0 fully saturated rings. The van der Waals surface area contributed by atoms with E-state index >= 15 is 0 Å². The van der Waals surface area contributed by atoms with Gasteiger partial charge in [-0.05, 0) is 26.0 Å². The number of fused-ring (bicyclic) bond motifs is 1. The molecule has 3 rings (SSSR count). The van der Waals surface area contributed by atoms with Crippen LogP contribution in [0.3, 0.4) is 0 Å². The summed E-state index contributed by atoms with van der Waals surface area (Å²) in [5, 5.41) is 14.4. The molecule has 2 N–H and O–H groups in total. The molecule has 164 valence electrons. The van der Waals surface area contributed by atoms with Crippen LogP contribution in [-0.2, 0) is 6.54 Å². The summed E-state index contributed by atoms with van der Waals surface area (Å²) in [5.74, 6) is -1.60. The minimum absolute atomic E-state index is 0.0453. The Bertz CT molecular complexity index is 1320. The van der Waals surface area contributed by atoms with E-state index in [9.17, 15) is 29.0 Å². The van der Waals surface area contributed by atoms with Crippen LogP contribution in [0, 0.1) is 19.3 Å². The van der Waals surface area contributed by atoms with Crippen molar-refractivity contribution >= 4 is 21.7 Å². The van der Waals surface area contributed by atoms with Gasteiger partial charge in [0, 0.05) is 22.8 Å². The number of H-pyrrole nitrogens is 1. The lowest BCUT2D eigenvalue weighted by molar-refractivity contribution is 0.0965. The van der Waals surface area contributed by atoms with E-state index in [0.717, 1.165) is 22.4 Å². The largest absolute Gasteiger partial charge is 0.497 e. The molecule has 0 saturated heterocycles. The van der Waals surface area contributed by atoms with Crippen molar-refractivity contribution < 1.29 is 29.0 Å². The number of aromatic amines is 1. The Morgan fingerprint density at radius 1 is 1.17 bits per heavy atom. The molecular formula is C16H16F5N5O3S. The first-order valence-electron chi connectivity index (χ1n) is 8.22. The highest BCUT2D eigenvalue weighted by molar-refractivity contribution is 8.45. The van der Waals surface area contributed by atoms with Gasteiger partial charge in [-0.3, -0.25) is 20.1 Å². The molecule has 0 atom stereocenters. The first-order chi connectivity index (χ1) is 13.5. The Hall–Kier alpha value is -3.16. The van der Waals surface area contributed by atoms with E-state index in [0.29, 0.717) is 11.1 Å². The number of methoxy groups -OCH3 is 1. The number of ketones is 1. The van der Waals surface area contributed by atoms with Gasteiger partial charge in [0.05, 0.1) is 7.11 Å². The van der Waals surface area contributed by atoms with Crippen molar-refractivity contribution in [2.24, 2.45) is 0 Å². The van der Waals surface area contributed by atoms with Gasteiger partial charge in [-0.2, -0.15) is 4.52 Å². The minimum atomic E-state index is -10.1. The van der Waals surface area contributed by atoms with Crippen molar-refractivity contribution in [2.75, 3.05) is 7.11 Å². The Morgan fingerprint density at radius 2 is 1.80 bits per heavy atom. The molecule has 2 aromatic heterocycles. The average Bonchev–Trinajstić information content (AvgIpc) is 2.93. The summed E-state index contributed by atoms with van der Waals surface area (Å²) in [4.78, 5) is 22.1. The first-order valence-corrected chi connectivity index (χ1v) is 10.2. The third kappa shape index (κ3) is 3.81. The third-order valence-electron chi connectivity index (χ3n) is 4.51. The maximum Gasteiger partial charge on any atom is 0.310 e. The van der Waals surface area contributed by atoms with Crippen LogP contribution in [0.15, 0.2) is 27.9 Å². The number of halogens is 5. The smallest absolute Gasteiger partial charge is 0.310 e. The molecule has 8 nitrogen and oxygen atoms in total. The number of nitrogens with one attached hydrogen (secondary N) is 2. The fraction of sp³-hybridized carbons (Fsp3) is 0.250. The van der Waals surface area contributed by atoms with E-state index in [4.69, 9.17) is 5.41 Å². The van der Waals surface area contributed by atoms with Crippen molar-refractivity contribution in [1.29, 1.82) is 5.41 Å². The van der Waals surface area contributed by atoms with E-state index in [-0.39, 0.29) is 17.8 Å². The molecule has 3 aromatic rings. The maximum atomic E-state index is 13.2. The van der Waals surface area contributed by atoms with Crippen molar-refractivity contribution in [3.05, 3.63) is 50.9 Å². The van der Waals surface area contributed by atoms with Gasteiger partial charge in [-0.25, -0.2) is 4.68 Å². The second-order valence-electron chi connectivity index (χ2n) is 6.62.